The molecule has 0 fully saturated rings. The van der Waals surface area contributed by atoms with E-state index in [-0.39, 0.29) is 24.8 Å². The number of allylic oxidation sites excluding steroid dienone is 2. The molecule has 0 aliphatic carbocycles. The molecule has 0 unspecified atom stereocenters. The molecule has 0 aromatic heterocycles. The molecule has 0 aliphatic heterocycles. The molecule has 30 heavy (non-hydrogen) atoms. The molecule has 0 atom stereocenters. The zero-order valence-corrected chi connectivity index (χ0v) is 19.9. The smallest absolute Gasteiger partial charge is 0.306 e. The third-order valence-corrected chi connectivity index (χ3v) is 5.22. The first-order valence-electron chi connectivity index (χ1n) is 12.7. The van der Waals surface area contributed by atoms with Crippen LogP contribution >= 0.6 is 0 Å². The fourth-order valence-corrected chi connectivity index (χ4v) is 3.31. The quantitative estimate of drug-likeness (QED) is 0.101. The van der Waals surface area contributed by atoms with E-state index in [1.165, 1.54) is 70.6 Å². The molecule has 0 aromatic rings. The summed E-state index contributed by atoms with van der Waals surface area (Å²) in [6.07, 6.45) is 23.9. The maximum Gasteiger partial charge on any atom is 0.306 e. The van der Waals surface area contributed by atoms with Gasteiger partial charge in [0.1, 0.15) is 0 Å². The number of unbranched alkanes of at least 4 members (excludes halogenated alkanes) is 13. The zero-order chi connectivity index (χ0) is 22.1. The average molecular weight is 425 g/mol. The van der Waals surface area contributed by atoms with Crippen molar-refractivity contribution in [3.05, 3.63) is 12.2 Å². The summed E-state index contributed by atoms with van der Waals surface area (Å²) in [5, 5.41) is 0. The van der Waals surface area contributed by atoms with Crippen molar-refractivity contribution in [1.82, 2.24) is 0 Å². The van der Waals surface area contributed by atoms with Gasteiger partial charge >= 0.3 is 11.9 Å². The Hall–Kier alpha value is -1.32. The largest absolute Gasteiger partial charge is 0.466 e. The van der Waals surface area contributed by atoms with Gasteiger partial charge in [-0.25, -0.2) is 0 Å². The Bertz CT molecular complexity index is 417. The lowest BCUT2D eigenvalue weighted by molar-refractivity contribution is -0.150. The van der Waals surface area contributed by atoms with E-state index in [1.54, 1.807) is 0 Å². The van der Waals surface area contributed by atoms with Gasteiger partial charge in [0.15, 0.2) is 0 Å². The minimum Gasteiger partial charge on any atom is -0.466 e. The summed E-state index contributed by atoms with van der Waals surface area (Å²) >= 11 is 0. The van der Waals surface area contributed by atoms with Crippen molar-refractivity contribution < 1.29 is 19.1 Å². The van der Waals surface area contributed by atoms with Crippen LogP contribution in [0.3, 0.4) is 0 Å². The maximum atomic E-state index is 11.7. The molecule has 0 saturated heterocycles. The molecule has 0 heterocycles. The van der Waals surface area contributed by atoms with Gasteiger partial charge in [0.25, 0.3) is 0 Å². The van der Waals surface area contributed by atoms with Gasteiger partial charge in [-0.1, -0.05) is 96.6 Å². The average Bonchev–Trinajstić information content (AvgIpc) is 2.75. The second-order valence-electron chi connectivity index (χ2n) is 8.21. The van der Waals surface area contributed by atoms with Crippen molar-refractivity contribution in [2.24, 2.45) is 0 Å². The summed E-state index contributed by atoms with van der Waals surface area (Å²) in [4.78, 5) is 23.3. The maximum absolute atomic E-state index is 11.7. The molecule has 0 rings (SSSR count). The third kappa shape index (κ3) is 23.0. The molecular formula is C26H48O4. The van der Waals surface area contributed by atoms with Crippen molar-refractivity contribution in [3.8, 4) is 0 Å². The second-order valence-corrected chi connectivity index (χ2v) is 8.21. The van der Waals surface area contributed by atoms with Crippen molar-refractivity contribution in [2.75, 3.05) is 13.2 Å². The molecule has 4 heteroatoms. The third-order valence-electron chi connectivity index (χ3n) is 5.22. The molecule has 0 saturated carbocycles. The van der Waals surface area contributed by atoms with E-state index >= 15 is 0 Å². The lowest BCUT2D eigenvalue weighted by Gasteiger charge is -2.06. The Labute approximate surface area is 186 Å². The topological polar surface area (TPSA) is 52.6 Å². The Balaban J connectivity index is 3.31. The van der Waals surface area contributed by atoms with Gasteiger partial charge in [-0.15, -0.1) is 0 Å². The van der Waals surface area contributed by atoms with Crippen molar-refractivity contribution in [3.63, 3.8) is 0 Å². The molecule has 0 bridgehead atoms. The van der Waals surface area contributed by atoms with Crippen LogP contribution in [0.1, 0.15) is 129 Å². The van der Waals surface area contributed by atoms with Gasteiger partial charge < -0.3 is 9.47 Å². The lowest BCUT2D eigenvalue weighted by atomic mass is 10.1. The van der Waals surface area contributed by atoms with Gasteiger partial charge in [0.05, 0.1) is 26.1 Å². The summed E-state index contributed by atoms with van der Waals surface area (Å²) in [6.45, 7) is 5.31. The van der Waals surface area contributed by atoms with Crippen molar-refractivity contribution >= 4 is 11.9 Å². The van der Waals surface area contributed by atoms with Gasteiger partial charge in [0.2, 0.25) is 0 Å². The van der Waals surface area contributed by atoms with Crippen LogP contribution in [0.25, 0.3) is 0 Å². The number of ether oxygens (including phenoxy) is 2. The van der Waals surface area contributed by atoms with Crippen LogP contribution in [0.2, 0.25) is 0 Å². The SMILES string of the molecule is CC/C=C/CCCCCCCCCCOC(=O)CCC(=O)OCCCCCCCC. The molecule has 0 amide bonds. The highest BCUT2D eigenvalue weighted by atomic mass is 16.5. The van der Waals surface area contributed by atoms with E-state index in [1.807, 2.05) is 0 Å². The standard InChI is InChI=1S/C26H48O4/c1-3-5-7-9-11-12-13-14-15-16-18-20-24-30-26(28)22-21-25(27)29-23-19-17-10-8-6-4-2/h5,7H,3-4,6,8-24H2,1-2H3/b7-5+. The monoisotopic (exact) mass is 424 g/mol. The summed E-state index contributed by atoms with van der Waals surface area (Å²) in [5.41, 5.74) is 0. The Morgan fingerprint density at radius 3 is 1.47 bits per heavy atom. The number of carbonyl (C=O) groups excluding carboxylic acids is 2. The van der Waals surface area contributed by atoms with Crippen LogP contribution < -0.4 is 0 Å². The van der Waals surface area contributed by atoms with Gasteiger partial charge in [-0.3, -0.25) is 9.59 Å². The summed E-state index contributed by atoms with van der Waals surface area (Å²) in [6, 6.07) is 0. The number of esters is 2. The molecule has 0 N–H and O–H groups in total. The highest BCUT2D eigenvalue weighted by Gasteiger charge is 2.09. The van der Waals surface area contributed by atoms with Crippen LogP contribution in [0.5, 0.6) is 0 Å². The van der Waals surface area contributed by atoms with Gasteiger partial charge in [0, 0.05) is 0 Å². The molecule has 0 spiro atoms. The van der Waals surface area contributed by atoms with Crippen LogP contribution in [0, 0.1) is 0 Å². The zero-order valence-electron chi connectivity index (χ0n) is 19.9. The predicted octanol–water partition coefficient (Wildman–Crippen LogP) is 7.69. The number of rotatable bonds is 22. The molecule has 4 nitrogen and oxygen atoms in total. The van der Waals surface area contributed by atoms with Crippen LogP contribution in [0.15, 0.2) is 12.2 Å². The fourth-order valence-electron chi connectivity index (χ4n) is 3.31. The van der Waals surface area contributed by atoms with Gasteiger partial charge in [-0.05, 0) is 32.1 Å². The van der Waals surface area contributed by atoms with Crippen LogP contribution in [-0.4, -0.2) is 25.2 Å². The highest BCUT2D eigenvalue weighted by Crippen LogP contribution is 2.10. The summed E-state index contributed by atoms with van der Waals surface area (Å²) in [5.74, 6) is -0.578. The Morgan fingerprint density at radius 1 is 0.567 bits per heavy atom. The van der Waals surface area contributed by atoms with E-state index in [4.69, 9.17) is 9.47 Å². The number of hydrogen-bond acceptors (Lipinski definition) is 4. The number of hydrogen-bond donors (Lipinski definition) is 0. The second kappa shape index (κ2) is 24.0. The van der Waals surface area contributed by atoms with Crippen LogP contribution in [-0.2, 0) is 19.1 Å². The number of carbonyl (C=O) groups is 2. The van der Waals surface area contributed by atoms with Crippen LogP contribution in [0.4, 0.5) is 0 Å². The minimum atomic E-state index is -0.290. The van der Waals surface area contributed by atoms with E-state index in [9.17, 15) is 9.59 Å². The Kier molecular flexibility index (Phi) is 22.9. The molecule has 0 aromatic carbocycles. The molecule has 0 aliphatic rings. The van der Waals surface area contributed by atoms with Gasteiger partial charge in [-0.2, -0.15) is 0 Å². The summed E-state index contributed by atoms with van der Waals surface area (Å²) < 4.78 is 10.4. The first-order valence-corrected chi connectivity index (χ1v) is 12.7. The molecular weight excluding hydrogens is 376 g/mol. The van der Waals surface area contributed by atoms with E-state index in [0.717, 1.165) is 32.1 Å². The van der Waals surface area contributed by atoms with E-state index < -0.39 is 0 Å². The highest BCUT2D eigenvalue weighted by molar-refractivity contribution is 5.77. The van der Waals surface area contributed by atoms with Crippen molar-refractivity contribution in [2.45, 2.75) is 129 Å². The predicted molar refractivity (Wildman–Crippen MR) is 126 cm³/mol. The molecule has 176 valence electrons. The molecule has 0 radical (unpaired) electrons. The summed E-state index contributed by atoms with van der Waals surface area (Å²) in [7, 11) is 0. The first-order chi connectivity index (χ1) is 14.7. The Morgan fingerprint density at radius 2 is 1.00 bits per heavy atom. The van der Waals surface area contributed by atoms with E-state index in [0.29, 0.717) is 13.2 Å². The minimum absolute atomic E-state index is 0.128. The lowest BCUT2D eigenvalue weighted by Crippen LogP contribution is -2.11. The fraction of sp³-hybridized carbons (Fsp3) is 0.846. The van der Waals surface area contributed by atoms with Crippen molar-refractivity contribution in [1.29, 1.82) is 0 Å². The first kappa shape index (κ1) is 28.7. The normalized spacial score (nSPS) is 11.1. The van der Waals surface area contributed by atoms with E-state index in [2.05, 4.69) is 26.0 Å².